The van der Waals surface area contributed by atoms with Crippen molar-refractivity contribution in [3.8, 4) is 5.75 Å². The third-order valence-corrected chi connectivity index (χ3v) is 5.00. The maximum absolute atomic E-state index is 12.3. The molecule has 1 aliphatic rings. The van der Waals surface area contributed by atoms with Gasteiger partial charge in [0.2, 0.25) is 0 Å². The van der Waals surface area contributed by atoms with Gasteiger partial charge < -0.3 is 15.0 Å². The van der Waals surface area contributed by atoms with E-state index in [-0.39, 0.29) is 6.03 Å². The minimum Gasteiger partial charge on any atom is -0.497 e. The van der Waals surface area contributed by atoms with Gasteiger partial charge in [-0.25, -0.2) is 4.79 Å². The van der Waals surface area contributed by atoms with E-state index in [1.165, 1.54) is 11.1 Å². The highest BCUT2D eigenvalue weighted by atomic mass is 16.5. The highest BCUT2D eigenvalue weighted by molar-refractivity contribution is 5.74. The van der Waals surface area contributed by atoms with Gasteiger partial charge in [-0.1, -0.05) is 18.2 Å². The van der Waals surface area contributed by atoms with Gasteiger partial charge in [0.15, 0.2) is 0 Å². The molecule has 138 valence electrons. The molecule has 1 aromatic carbocycles. The average Bonchev–Trinajstić information content (AvgIpc) is 2.70. The minimum absolute atomic E-state index is 0.0540. The van der Waals surface area contributed by atoms with Crippen LogP contribution in [-0.2, 0) is 12.8 Å². The Kier molecular flexibility index (Phi) is 6.47. The summed E-state index contributed by atoms with van der Waals surface area (Å²) in [6, 6.07) is 12.1. The number of hydrogen-bond donors (Lipinski definition) is 1. The molecular weight excluding hydrogens is 326 g/mol. The molecule has 0 spiro atoms. The van der Waals surface area contributed by atoms with Crippen LogP contribution in [0.4, 0.5) is 4.79 Å². The number of ether oxygens (including phenoxy) is 1. The van der Waals surface area contributed by atoms with Crippen LogP contribution in [0.15, 0.2) is 48.8 Å². The van der Waals surface area contributed by atoms with Crippen LogP contribution in [0.3, 0.4) is 0 Å². The number of nitrogens with one attached hydrogen (secondary N) is 1. The lowest BCUT2D eigenvalue weighted by molar-refractivity contribution is 0.170. The van der Waals surface area contributed by atoms with E-state index >= 15 is 0 Å². The Hall–Kier alpha value is -2.56. The summed E-state index contributed by atoms with van der Waals surface area (Å²) < 4.78 is 5.16. The predicted molar refractivity (Wildman–Crippen MR) is 102 cm³/mol. The van der Waals surface area contributed by atoms with E-state index in [4.69, 9.17) is 4.74 Å². The predicted octanol–water partition coefficient (Wildman–Crippen LogP) is 3.30. The summed E-state index contributed by atoms with van der Waals surface area (Å²) in [6.07, 6.45) is 7.75. The van der Waals surface area contributed by atoms with Crippen molar-refractivity contribution in [1.29, 1.82) is 0 Å². The molecule has 5 nitrogen and oxygen atoms in total. The fourth-order valence-corrected chi connectivity index (χ4v) is 3.41. The number of likely N-dealkylation sites (tertiary alicyclic amines) is 1. The molecule has 2 heterocycles. The van der Waals surface area contributed by atoms with E-state index in [1.54, 1.807) is 7.11 Å². The zero-order chi connectivity index (χ0) is 18.2. The summed E-state index contributed by atoms with van der Waals surface area (Å²) in [7, 11) is 1.66. The first kappa shape index (κ1) is 18.2. The fourth-order valence-electron chi connectivity index (χ4n) is 3.41. The molecule has 1 saturated heterocycles. The molecule has 0 radical (unpaired) electrons. The van der Waals surface area contributed by atoms with E-state index < -0.39 is 0 Å². The van der Waals surface area contributed by atoms with Gasteiger partial charge in [0.05, 0.1) is 7.11 Å². The largest absolute Gasteiger partial charge is 0.497 e. The van der Waals surface area contributed by atoms with E-state index in [9.17, 15) is 4.79 Å². The number of nitrogens with zero attached hydrogens (tertiary/aromatic N) is 2. The van der Waals surface area contributed by atoms with E-state index in [1.807, 2.05) is 47.6 Å². The minimum atomic E-state index is 0.0540. The Morgan fingerprint density at radius 2 is 1.96 bits per heavy atom. The van der Waals surface area contributed by atoms with Crippen molar-refractivity contribution in [2.24, 2.45) is 5.92 Å². The van der Waals surface area contributed by atoms with Crippen LogP contribution < -0.4 is 10.1 Å². The molecule has 1 aliphatic heterocycles. The van der Waals surface area contributed by atoms with Crippen molar-refractivity contribution in [1.82, 2.24) is 15.2 Å². The van der Waals surface area contributed by atoms with Crippen LogP contribution >= 0.6 is 0 Å². The SMILES string of the molecule is COc1ccc(CCNC(=O)N2CCC(Cc3cccnc3)CC2)cc1. The maximum Gasteiger partial charge on any atom is 0.317 e. The van der Waals surface area contributed by atoms with Crippen molar-refractivity contribution in [2.75, 3.05) is 26.7 Å². The van der Waals surface area contributed by atoms with Crippen LogP contribution in [0, 0.1) is 5.92 Å². The Balaban J connectivity index is 1.36. The summed E-state index contributed by atoms with van der Waals surface area (Å²) in [5, 5.41) is 3.04. The Morgan fingerprint density at radius 3 is 2.62 bits per heavy atom. The number of pyridine rings is 1. The van der Waals surface area contributed by atoms with Crippen LogP contribution in [0.25, 0.3) is 0 Å². The molecular formula is C21H27N3O2. The zero-order valence-corrected chi connectivity index (χ0v) is 15.4. The molecule has 5 heteroatoms. The van der Waals surface area contributed by atoms with Crippen molar-refractivity contribution in [2.45, 2.75) is 25.7 Å². The number of carbonyl (C=O) groups excluding carboxylic acids is 1. The topological polar surface area (TPSA) is 54.5 Å². The molecule has 0 atom stereocenters. The van der Waals surface area contributed by atoms with Gasteiger partial charge in [0.25, 0.3) is 0 Å². The number of piperidine rings is 1. The number of rotatable bonds is 6. The number of methoxy groups -OCH3 is 1. The van der Waals surface area contributed by atoms with Crippen LogP contribution in [-0.4, -0.2) is 42.7 Å². The van der Waals surface area contributed by atoms with Gasteiger partial charge in [-0.3, -0.25) is 4.98 Å². The number of urea groups is 1. The van der Waals surface area contributed by atoms with Gasteiger partial charge >= 0.3 is 6.03 Å². The fraction of sp³-hybridized carbons (Fsp3) is 0.429. The van der Waals surface area contributed by atoms with E-state index in [0.29, 0.717) is 12.5 Å². The summed E-state index contributed by atoms with van der Waals surface area (Å²) in [4.78, 5) is 18.5. The second-order valence-corrected chi connectivity index (χ2v) is 6.83. The lowest BCUT2D eigenvalue weighted by Gasteiger charge is -2.32. The molecule has 0 saturated carbocycles. The second kappa shape index (κ2) is 9.22. The molecule has 26 heavy (non-hydrogen) atoms. The maximum atomic E-state index is 12.3. The number of benzene rings is 1. The van der Waals surface area contributed by atoms with E-state index in [2.05, 4.69) is 16.4 Å². The lowest BCUT2D eigenvalue weighted by atomic mass is 9.91. The van der Waals surface area contributed by atoms with Gasteiger partial charge in [0, 0.05) is 32.0 Å². The van der Waals surface area contributed by atoms with Gasteiger partial charge in [-0.05, 0) is 60.9 Å². The average molecular weight is 353 g/mol. The molecule has 1 fully saturated rings. The number of amides is 2. The van der Waals surface area contributed by atoms with Gasteiger partial charge in [-0.15, -0.1) is 0 Å². The molecule has 0 aliphatic carbocycles. The van der Waals surface area contributed by atoms with Crippen molar-refractivity contribution >= 4 is 6.03 Å². The number of hydrogen-bond acceptors (Lipinski definition) is 3. The van der Waals surface area contributed by atoms with E-state index in [0.717, 1.165) is 44.5 Å². The Bertz CT molecular complexity index is 680. The van der Waals surface area contributed by atoms with Gasteiger partial charge in [0.1, 0.15) is 5.75 Å². The first-order valence-electron chi connectivity index (χ1n) is 9.29. The standard InChI is InChI=1S/C21H27N3O2/c1-26-20-6-4-17(5-7-20)8-12-23-21(25)24-13-9-18(10-14-24)15-19-3-2-11-22-16-19/h2-7,11,16,18H,8-10,12-15H2,1H3,(H,23,25). The van der Waals surface area contributed by atoms with Crippen molar-refractivity contribution in [3.05, 3.63) is 59.9 Å². The van der Waals surface area contributed by atoms with Crippen LogP contribution in [0.1, 0.15) is 24.0 Å². The Morgan fingerprint density at radius 1 is 1.19 bits per heavy atom. The normalized spacial score (nSPS) is 14.9. The zero-order valence-electron chi connectivity index (χ0n) is 15.4. The highest BCUT2D eigenvalue weighted by Gasteiger charge is 2.22. The van der Waals surface area contributed by atoms with Crippen molar-refractivity contribution in [3.63, 3.8) is 0 Å². The lowest BCUT2D eigenvalue weighted by Crippen LogP contribution is -2.45. The molecule has 1 N–H and O–H groups in total. The number of aromatic nitrogens is 1. The molecule has 3 rings (SSSR count). The highest BCUT2D eigenvalue weighted by Crippen LogP contribution is 2.21. The summed E-state index contributed by atoms with van der Waals surface area (Å²) in [5.41, 5.74) is 2.48. The summed E-state index contributed by atoms with van der Waals surface area (Å²) in [5.74, 6) is 1.49. The third kappa shape index (κ3) is 5.22. The Labute approximate surface area is 155 Å². The third-order valence-electron chi connectivity index (χ3n) is 5.00. The van der Waals surface area contributed by atoms with Crippen LogP contribution in [0.2, 0.25) is 0 Å². The van der Waals surface area contributed by atoms with Crippen LogP contribution in [0.5, 0.6) is 5.75 Å². The molecule has 0 unspecified atom stereocenters. The quantitative estimate of drug-likeness (QED) is 0.867. The molecule has 1 aromatic heterocycles. The number of carbonyl (C=O) groups is 1. The summed E-state index contributed by atoms with van der Waals surface area (Å²) >= 11 is 0. The second-order valence-electron chi connectivity index (χ2n) is 6.83. The smallest absolute Gasteiger partial charge is 0.317 e. The van der Waals surface area contributed by atoms with Crippen molar-refractivity contribution < 1.29 is 9.53 Å². The first-order chi connectivity index (χ1) is 12.7. The molecule has 0 bridgehead atoms. The van der Waals surface area contributed by atoms with Gasteiger partial charge in [-0.2, -0.15) is 0 Å². The molecule has 2 aromatic rings. The monoisotopic (exact) mass is 353 g/mol. The first-order valence-corrected chi connectivity index (χ1v) is 9.29. The summed E-state index contributed by atoms with van der Waals surface area (Å²) in [6.45, 7) is 2.32. The molecule has 2 amide bonds.